The van der Waals surface area contributed by atoms with Crippen LogP contribution in [-0.2, 0) is 6.18 Å². The lowest BCUT2D eigenvalue weighted by Crippen LogP contribution is -2.42. The van der Waals surface area contributed by atoms with E-state index in [9.17, 15) is 13.2 Å². The second-order valence-corrected chi connectivity index (χ2v) is 7.71. The molecule has 0 amide bonds. The quantitative estimate of drug-likeness (QED) is 0.805. The molecule has 2 atom stereocenters. The Morgan fingerprint density at radius 2 is 1.79 bits per heavy atom. The first-order valence-corrected chi connectivity index (χ1v) is 9.16. The molecule has 1 aliphatic rings. The van der Waals surface area contributed by atoms with Crippen LogP contribution in [0.15, 0.2) is 42.5 Å². The largest absolute Gasteiger partial charge is 0.492 e. The fraction of sp³-hybridized carbons (Fsp3) is 0.364. The van der Waals surface area contributed by atoms with Crippen LogP contribution >= 0.6 is 0 Å². The van der Waals surface area contributed by atoms with Gasteiger partial charge in [0.25, 0.3) is 0 Å². The first-order chi connectivity index (χ1) is 13.6. The van der Waals surface area contributed by atoms with E-state index < -0.39 is 17.3 Å². The smallest absolute Gasteiger partial charge is 0.417 e. The molecule has 4 nitrogen and oxygen atoms in total. The molecule has 0 spiro atoms. The number of nitrogens with zero attached hydrogens (tertiary/aromatic N) is 2. The minimum atomic E-state index is -4.57. The van der Waals surface area contributed by atoms with Crippen molar-refractivity contribution >= 4 is 0 Å². The number of benzene rings is 2. The predicted octanol–water partition coefficient (Wildman–Crippen LogP) is 4.75. The minimum absolute atomic E-state index is 0.0457. The third-order valence-electron chi connectivity index (χ3n) is 5.27. The van der Waals surface area contributed by atoms with Gasteiger partial charge in [0.1, 0.15) is 12.4 Å². The number of ether oxygens (including phenoxy) is 1. The molecule has 2 aromatic carbocycles. The Kier molecular flexibility index (Phi) is 5.55. The lowest BCUT2D eigenvalue weighted by atomic mass is 9.82. The fourth-order valence-corrected chi connectivity index (χ4v) is 3.86. The Bertz CT molecular complexity index is 969. The molecule has 0 bridgehead atoms. The molecule has 1 heterocycles. The van der Waals surface area contributed by atoms with Crippen molar-refractivity contribution in [1.29, 1.82) is 10.5 Å². The normalized spacial score (nSPS) is 20.7. The zero-order valence-corrected chi connectivity index (χ0v) is 16.0. The highest BCUT2D eigenvalue weighted by Gasteiger charge is 2.42. The SMILES string of the molecule is CC1(C)NC(COc2ccc(C#N)cc2)CC1c1ccc(C#N)c(C(F)(F)F)c1. The molecular formula is C22H20F3N3O. The van der Waals surface area contributed by atoms with Crippen LogP contribution in [0.1, 0.15) is 48.4 Å². The molecule has 2 aromatic rings. The van der Waals surface area contributed by atoms with Crippen molar-refractivity contribution in [2.75, 3.05) is 6.61 Å². The molecule has 1 aliphatic heterocycles. The van der Waals surface area contributed by atoms with Crippen molar-refractivity contribution in [3.63, 3.8) is 0 Å². The number of nitriles is 2. The van der Waals surface area contributed by atoms with Crippen molar-refractivity contribution in [3.05, 3.63) is 64.7 Å². The summed E-state index contributed by atoms with van der Waals surface area (Å²) in [6.07, 6.45) is -3.97. The highest BCUT2D eigenvalue weighted by molar-refractivity contribution is 5.44. The summed E-state index contributed by atoms with van der Waals surface area (Å²) in [5, 5.41) is 21.3. The summed E-state index contributed by atoms with van der Waals surface area (Å²) in [4.78, 5) is 0. The molecule has 0 aliphatic carbocycles. The monoisotopic (exact) mass is 399 g/mol. The van der Waals surface area contributed by atoms with Crippen molar-refractivity contribution in [2.45, 2.75) is 43.9 Å². The molecule has 29 heavy (non-hydrogen) atoms. The summed E-state index contributed by atoms with van der Waals surface area (Å²) in [6.45, 7) is 4.25. The predicted molar refractivity (Wildman–Crippen MR) is 101 cm³/mol. The average molecular weight is 399 g/mol. The van der Waals surface area contributed by atoms with E-state index in [2.05, 4.69) is 5.32 Å². The molecule has 0 radical (unpaired) electrons. The Morgan fingerprint density at radius 1 is 1.10 bits per heavy atom. The third kappa shape index (κ3) is 4.52. The van der Waals surface area contributed by atoms with Crippen molar-refractivity contribution < 1.29 is 17.9 Å². The molecule has 0 saturated carbocycles. The Balaban J connectivity index is 1.76. The van der Waals surface area contributed by atoms with Crippen LogP contribution < -0.4 is 10.1 Å². The van der Waals surface area contributed by atoms with Crippen molar-refractivity contribution in [1.82, 2.24) is 5.32 Å². The van der Waals surface area contributed by atoms with Gasteiger partial charge in [0.05, 0.1) is 28.8 Å². The molecule has 0 aromatic heterocycles. The van der Waals surface area contributed by atoms with Gasteiger partial charge in [0.2, 0.25) is 0 Å². The van der Waals surface area contributed by atoms with Crippen LogP contribution in [0, 0.1) is 22.7 Å². The maximum absolute atomic E-state index is 13.3. The highest BCUT2D eigenvalue weighted by Crippen LogP contribution is 2.41. The van der Waals surface area contributed by atoms with E-state index in [0.29, 0.717) is 29.9 Å². The molecule has 150 valence electrons. The minimum Gasteiger partial charge on any atom is -0.492 e. The van der Waals surface area contributed by atoms with E-state index in [-0.39, 0.29) is 17.5 Å². The molecule has 1 N–H and O–H groups in total. The first-order valence-electron chi connectivity index (χ1n) is 9.16. The molecule has 1 fully saturated rings. The van der Waals surface area contributed by atoms with Gasteiger partial charge in [-0.05, 0) is 62.2 Å². The summed E-state index contributed by atoms with van der Waals surface area (Å²) in [5.41, 5.74) is -0.611. The van der Waals surface area contributed by atoms with Gasteiger partial charge in [-0.3, -0.25) is 0 Å². The van der Waals surface area contributed by atoms with Crippen molar-refractivity contribution in [3.8, 4) is 17.9 Å². The zero-order chi connectivity index (χ0) is 21.2. The van der Waals surface area contributed by atoms with Gasteiger partial charge in [0, 0.05) is 17.5 Å². The topological polar surface area (TPSA) is 68.8 Å². The number of hydrogen-bond acceptors (Lipinski definition) is 4. The van der Waals surface area contributed by atoms with Gasteiger partial charge >= 0.3 is 6.18 Å². The van der Waals surface area contributed by atoms with E-state index in [4.69, 9.17) is 15.3 Å². The Morgan fingerprint density at radius 3 is 2.38 bits per heavy atom. The molecule has 2 unspecified atom stereocenters. The van der Waals surface area contributed by atoms with Gasteiger partial charge < -0.3 is 10.1 Å². The fourth-order valence-electron chi connectivity index (χ4n) is 3.86. The number of hydrogen-bond donors (Lipinski definition) is 1. The Hall–Kier alpha value is -3.03. The molecule has 3 rings (SSSR count). The zero-order valence-electron chi connectivity index (χ0n) is 16.0. The average Bonchev–Trinajstić information content (AvgIpc) is 3.00. The lowest BCUT2D eigenvalue weighted by Gasteiger charge is -2.28. The summed E-state index contributed by atoms with van der Waals surface area (Å²) in [7, 11) is 0. The third-order valence-corrected chi connectivity index (χ3v) is 5.27. The van der Waals surface area contributed by atoms with Crippen LogP contribution in [0.3, 0.4) is 0 Å². The number of alkyl halides is 3. The van der Waals surface area contributed by atoms with Crippen molar-refractivity contribution in [2.24, 2.45) is 0 Å². The highest BCUT2D eigenvalue weighted by atomic mass is 19.4. The van der Waals surface area contributed by atoms with Gasteiger partial charge in [-0.25, -0.2) is 0 Å². The van der Waals surface area contributed by atoms with Crippen LogP contribution in [0.2, 0.25) is 0 Å². The second kappa shape index (κ2) is 7.77. The summed E-state index contributed by atoms with van der Waals surface area (Å²) in [6, 6.07) is 14.3. The molecule has 7 heteroatoms. The van der Waals surface area contributed by atoms with E-state index in [1.807, 2.05) is 19.9 Å². The number of halogens is 3. The molecule has 1 saturated heterocycles. The van der Waals surface area contributed by atoms with Crippen LogP contribution in [0.5, 0.6) is 5.75 Å². The molecular weight excluding hydrogens is 379 g/mol. The Labute approximate surface area is 167 Å². The maximum Gasteiger partial charge on any atom is 0.417 e. The van der Waals surface area contributed by atoms with Gasteiger partial charge in [-0.15, -0.1) is 0 Å². The van der Waals surface area contributed by atoms with Crippen LogP contribution in [-0.4, -0.2) is 18.2 Å². The summed E-state index contributed by atoms with van der Waals surface area (Å²) >= 11 is 0. The standard InChI is InChI=1S/C22H20F3N3O/c1-21(2)19(15-5-6-16(12-27)20(9-15)22(23,24)25)10-17(28-21)13-29-18-7-3-14(11-26)4-8-18/h3-9,17,19,28H,10,13H2,1-2H3. The van der Waals surface area contributed by atoms with E-state index in [1.165, 1.54) is 6.07 Å². The van der Waals surface area contributed by atoms with Crippen LogP contribution in [0.4, 0.5) is 13.2 Å². The maximum atomic E-state index is 13.3. The number of rotatable bonds is 4. The van der Waals surface area contributed by atoms with E-state index in [0.717, 1.165) is 6.07 Å². The van der Waals surface area contributed by atoms with E-state index in [1.54, 1.807) is 36.4 Å². The van der Waals surface area contributed by atoms with Gasteiger partial charge in [-0.1, -0.05) is 6.07 Å². The second-order valence-electron chi connectivity index (χ2n) is 7.71. The summed E-state index contributed by atoms with van der Waals surface area (Å²) in [5.74, 6) is 0.468. The van der Waals surface area contributed by atoms with Gasteiger partial charge in [0.15, 0.2) is 0 Å². The first kappa shape index (κ1) is 20.7. The summed E-state index contributed by atoms with van der Waals surface area (Å²) < 4.78 is 45.8. The van der Waals surface area contributed by atoms with Crippen LogP contribution in [0.25, 0.3) is 0 Å². The van der Waals surface area contributed by atoms with Gasteiger partial charge in [-0.2, -0.15) is 23.7 Å². The lowest BCUT2D eigenvalue weighted by molar-refractivity contribution is -0.137. The number of nitrogens with one attached hydrogen (secondary N) is 1. The van der Waals surface area contributed by atoms with E-state index >= 15 is 0 Å².